The highest BCUT2D eigenvalue weighted by molar-refractivity contribution is 5.99. The third-order valence-electron chi connectivity index (χ3n) is 6.21. The molecule has 4 N–H and O–H groups in total. The first kappa shape index (κ1) is 22.7. The fourth-order valence-corrected chi connectivity index (χ4v) is 3.91. The van der Waals surface area contributed by atoms with Gasteiger partial charge in [-0.05, 0) is 75.0 Å². The summed E-state index contributed by atoms with van der Waals surface area (Å²) in [6, 6.07) is 14.1. The van der Waals surface area contributed by atoms with Crippen LogP contribution >= 0.6 is 0 Å². The molecule has 0 saturated heterocycles. The Morgan fingerprint density at radius 3 is 2.80 bits per heavy atom. The number of nitrogens with one attached hydrogen (secondary N) is 4. The van der Waals surface area contributed by atoms with E-state index in [2.05, 4.69) is 54.4 Å². The zero-order valence-corrected chi connectivity index (χ0v) is 19.9. The second-order valence-electron chi connectivity index (χ2n) is 9.51. The minimum Gasteiger partial charge on any atom is -0.349 e. The molecule has 5 rings (SSSR count). The summed E-state index contributed by atoms with van der Waals surface area (Å²) in [4.78, 5) is 26.5. The van der Waals surface area contributed by atoms with Gasteiger partial charge in [-0.25, -0.2) is 9.97 Å². The van der Waals surface area contributed by atoms with Crippen LogP contribution in [0.15, 0.2) is 42.6 Å². The van der Waals surface area contributed by atoms with E-state index >= 15 is 0 Å². The van der Waals surface area contributed by atoms with Crippen molar-refractivity contribution in [3.8, 4) is 6.07 Å². The maximum Gasteiger partial charge on any atom is 0.256 e. The number of benzene rings is 1. The molecule has 1 amide bonds. The van der Waals surface area contributed by atoms with Gasteiger partial charge >= 0.3 is 0 Å². The molecule has 35 heavy (non-hydrogen) atoms. The molecule has 0 atom stereocenters. The number of rotatable bonds is 7. The number of anilines is 4. The number of amides is 1. The summed E-state index contributed by atoms with van der Waals surface area (Å²) in [6.07, 6.45) is 4.46. The fraction of sp³-hybridized carbons (Fsp3) is 0.346. The molecule has 3 aromatic rings. The van der Waals surface area contributed by atoms with Crippen molar-refractivity contribution >= 4 is 29.2 Å². The standard InChI is InChI=1S/C26H28N8O/c1-26(2,15-27)21-4-3-5-22(32-21)33-23-20(24(35)30-18-8-9-18)14-29-25(34-23)31-19-7-6-17-13-28-11-10-16(17)12-19/h3-7,12,14,18,28H,8-11,13H2,1-2H3,(H,30,35)(H2,29,31,32,33,34). The Morgan fingerprint density at radius 1 is 1.14 bits per heavy atom. The molecule has 0 bridgehead atoms. The Morgan fingerprint density at radius 2 is 2.00 bits per heavy atom. The molecule has 0 unspecified atom stereocenters. The maximum absolute atomic E-state index is 12.9. The molecule has 9 nitrogen and oxygen atoms in total. The second kappa shape index (κ2) is 9.31. The minimum atomic E-state index is -0.746. The SMILES string of the molecule is CC(C)(C#N)c1cccc(Nc2nc(Nc3ccc4c(c3)CCNC4)ncc2C(=O)NC2CC2)n1. The lowest BCUT2D eigenvalue weighted by Gasteiger charge is -2.18. The van der Waals surface area contributed by atoms with Crippen molar-refractivity contribution in [1.29, 1.82) is 5.26 Å². The Bertz CT molecular complexity index is 1310. The van der Waals surface area contributed by atoms with Gasteiger partial charge in [-0.2, -0.15) is 10.2 Å². The summed E-state index contributed by atoms with van der Waals surface area (Å²) in [7, 11) is 0. The van der Waals surface area contributed by atoms with E-state index in [1.165, 1.54) is 17.3 Å². The van der Waals surface area contributed by atoms with Crippen LogP contribution in [0.1, 0.15) is 53.9 Å². The van der Waals surface area contributed by atoms with Crippen LogP contribution in [0.25, 0.3) is 0 Å². The molecule has 1 aliphatic carbocycles. The normalized spacial score (nSPS) is 15.0. The quantitative estimate of drug-likeness (QED) is 0.413. The molecule has 1 aliphatic heterocycles. The van der Waals surface area contributed by atoms with E-state index in [-0.39, 0.29) is 11.9 Å². The first-order valence-corrected chi connectivity index (χ1v) is 11.8. The molecule has 9 heteroatoms. The van der Waals surface area contributed by atoms with Gasteiger partial charge in [-0.15, -0.1) is 0 Å². The van der Waals surface area contributed by atoms with Gasteiger partial charge in [-0.3, -0.25) is 4.79 Å². The summed E-state index contributed by atoms with van der Waals surface area (Å²) in [6.45, 7) is 5.46. The predicted molar refractivity (Wildman–Crippen MR) is 134 cm³/mol. The highest BCUT2D eigenvalue weighted by Gasteiger charge is 2.26. The molecular formula is C26H28N8O. The summed E-state index contributed by atoms with van der Waals surface area (Å²) in [5.74, 6) is 0.994. The largest absolute Gasteiger partial charge is 0.349 e. The van der Waals surface area contributed by atoms with Crippen LogP contribution in [-0.2, 0) is 18.4 Å². The lowest BCUT2D eigenvalue weighted by atomic mass is 9.91. The van der Waals surface area contributed by atoms with E-state index in [0.29, 0.717) is 28.8 Å². The molecule has 0 spiro atoms. The Kier molecular flexibility index (Phi) is 6.05. The first-order valence-electron chi connectivity index (χ1n) is 11.8. The van der Waals surface area contributed by atoms with Gasteiger partial charge in [-0.1, -0.05) is 12.1 Å². The van der Waals surface area contributed by atoms with E-state index in [1.54, 1.807) is 6.07 Å². The summed E-state index contributed by atoms with van der Waals surface area (Å²) in [5, 5.41) is 22.3. The Labute approximate surface area is 204 Å². The summed E-state index contributed by atoms with van der Waals surface area (Å²) >= 11 is 0. The smallest absolute Gasteiger partial charge is 0.256 e. The van der Waals surface area contributed by atoms with Crippen molar-refractivity contribution in [2.75, 3.05) is 17.2 Å². The van der Waals surface area contributed by atoms with Crippen molar-refractivity contribution < 1.29 is 4.79 Å². The van der Waals surface area contributed by atoms with Crippen LogP contribution in [0.4, 0.5) is 23.3 Å². The molecule has 0 radical (unpaired) electrons. The zero-order chi connectivity index (χ0) is 24.4. The summed E-state index contributed by atoms with van der Waals surface area (Å²) < 4.78 is 0. The van der Waals surface area contributed by atoms with E-state index in [0.717, 1.165) is 38.0 Å². The molecule has 2 aliphatic rings. The van der Waals surface area contributed by atoms with Crippen molar-refractivity contribution in [2.24, 2.45) is 0 Å². The minimum absolute atomic E-state index is 0.205. The fourth-order valence-electron chi connectivity index (χ4n) is 3.91. The third kappa shape index (κ3) is 5.23. The molecular weight excluding hydrogens is 440 g/mol. The monoisotopic (exact) mass is 468 g/mol. The van der Waals surface area contributed by atoms with Gasteiger partial charge in [0.2, 0.25) is 5.95 Å². The Hall–Kier alpha value is -4.03. The molecule has 1 aromatic carbocycles. The van der Waals surface area contributed by atoms with Crippen molar-refractivity contribution in [2.45, 2.75) is 51.1 Å². The molecule has 1 fully saturated rings. The molecule has 1 saturated carbocycles. The number of nitrogens with zero attached hydrogens (tertiary/aromatic N) is 4. The van der Waals surface area contributed by atoms with Crippen LogP contribution in [-0.4, -0.2) is 33.4 Å². The van der Waals surface area contributed by atoms with Crippen LogP contribution < -0.4 is 21.3 Å². The number of carbonyl (C=O) groups is 1. The average molecular weight is 469 g/mol. The van der Waals surface area contributed by atoms with Gasteiger partial charge in [0.1, 0.15) is 17.2 Å². The van der Waals surface area contributed by atoms with Crippen LogP contribution in [0.5, 0.6) is 0 Å². The number of nitriles is 1. The maximum atomic E-state index is 12.9. The van der Waals surface area contributed by atoms with Crippen molar-refractivity contribution in [3.05, 3.63) is 65.0 Å². The zero-order valence-electron chi connectivity index (χ0n) is 19.9. The molecule has 3 heterocycles. The lowest BCUT2D eigenvalue weighted by molar-refractivity contribution is 0.0951. The van der Waals surface area contributed by atoms with Gasteiger partial charge in [0.15, 0.2) is 0 Å². The lowest BCUT2D eigenvalue weighted by Crippen LogP contribution is -2.27. The topological polar surface area (TPSA) is 128 Å². The Balaban J connectivity index is 1.44. The van der Waals surface area contributed by atoms with Gasteiger partial charge in [0, 0.05) is 24.5 Å². The van der Waals surface area contributed by atoms with Crippen LogP contribution in [0.2, 0.25) is 0 Å². The van der Waals surface area contributed by atoms with Gasteiger partial charge < -0.3 is 21.3 Å². The van der Waals surface area contributed by atoms with Crippen LogP contribution in [0, 0.1) is 11.3 Å². The third-order valence-corrected chi connectivity index (χ3v) is 6.21. The van der Waals surface area contributed by atoms with E-state index < -0.39 is 5.41 Å². The number of aromatic nitrogens is 3. The highest BCUT2D eigenvalue weighted by Crippen LogP contribution is 2.27. The van der Waals surface area contributed by atoms with E-state index in [9.17, 15) is 10.1 Å². The number of hydrogen-bond acceptors (Lipinski definition) is 8. The van der Waals surface area contributed by atoms with E-state index in [1.807, 2.05) is 32.0 Å². The van der Waals surface area contributed by atoms with E-state index in [4.69, 9.17) is 0 Å². The first-order chi connectivity index (χ1) is 16.9. The number of carbonyl (C=O) groups excluding carboxylic acids is 1. The predicted octanol–water partition coefficient (Wildman–Crippen LogP) is 3.70. The van der Waals surface area contributed by atoms with Gasteiger partial charge in [0.25, 0.3) is 5.91 Å². The number of hydrogen-bond donors (Lipinski definition) is 4. The van der Waals surface area contributed by atoms with Crippen molar-refractivity contribution in [3.63, 3.8) is 0 Å². The van der Waals surface area contributed by atoms with Gasteiger partial charge in [0.05, 0.1) is 17.2 Å². The summed E-state index contributed by atoms with van der Waals surface area (Å²) in [5.41, 5.74) is 3.71. The second-order valence-corrected chi connectivity index (χ2v) is 9.51. The molecule has 2 aromatic heterocycles. The number of fused-ring (bicyclic) bond motifs is 1. The molecule has 178 valence electrons. The number of pyridine rings is 1. The highest BCUT2D eigenvalue weighted by atomic mass is 16.1. The van der Waals surface area contributed by atoms with Crippen LogP contribution in [0.3, 0.4) is 0 Å². The average Bonchev–Trinajstić information content (AvgIpc) is 3.68. The van der Waals surface area contributed by atoms with Crippen molar-refractivity contribution in [1.82, 2.24) is 25.6 Å².